The van der Waals surface area contributed by atoms with Crippen LogP contribution in [0.4, 0.5) is 0 Å². The molecule has 0 aliphatic heterocycles. The Balaban J connectivity index is 2.88. The number of carbonyl (C=O) groups is 3. The number of nitrogens with two attached hydrogens (primary N) is 1. The van der Waals surface area contributed by atoms with Gasteiger partial charge in [0.25, 0.3) is 5.91 Å². The van der Waals surface area contributed by atoms with E-state index in [2.05, 4.69) is 17.6 Å². The average Bonchev–Trinajstić information content (AvgIpc) is 2.96. The van der Waals surface area contributed by atoms with Gasteiger partial charge in [0.05, 0.1) is 18.3 Å². The molecule has 1 aromatic rings. The Labute approximate surface area is 257 Å². The average molecular weight is 610 g/mol. The fraction of sp³-hybridized carbons (Fsp3) is 0.719. The van der Waals surface area contributed by atoms with E-state index in [-0.39, 0.29) is 47.7 Å². The lowest BCUT2D eigenvalue weighted by atomic mass is 9.83. The molecular formula is C32H55N3O8. The molecule has 1 aromatic carbocycles. The van der Waals surface area contributed by atoms with Gasteiger partial charge in [-0.3, -0.25) is 9.59 Å². The van der Waals surface area contributed by atoms with E-state index in [4.69, 9.17) is 25.1 Å². The maximum absolute atomic E-state index is 13.3. The van der Waals surface area contributed by atoms with Crippen molar-refractivity contribution in [3.63, 3.8) is 0 Å². The molecule has 6 N–H and O–H groups in total. The van der Waals surface area contributed by atoms with Gasteiger partial charge >= 0.3 is 5.97 Å². The number of carbonyl (C=O) groups excluding carboxylic acids is 2. The minimum absolute atomic E-state index is 0.0268. The quantitative estimate of drug-likeness (QED) is 0.116. The fourth-order valence-corrected chi connectivity index (χ4v) is 4.63. The van der Waals surface area contributed by atoms with E-state index in [1.54, 1.807) is 13.2 Å². The van der Waals surface area contributed by atoms with E-state index in [1.807, 2.05) is 27.7 Å². The van der Waals surface area contributed by atoms with Gasteiger partial charge in [-0.1, -0.05) is 41.0 Å². The summed E-state index contributed by atoms with van der Waals surface area (Å²) in [6.45, 7) is 11.5. The van der Waals surface area contributed by atoms with Crippen molar-refractivity contribution in [2.45, 2.75) is 85.3 Å². The summed E-state index contributed by atoms with van der Waals surface area (Å²) in [7, 11) is 1.63. The van der Waals surface area contributed by atoms with Crippen LogP contribution >= 0.6 is 0 Å². The first kappa shape index (κ1) is 38.1. The van der Waals surface area contributed by atoms with E-state index in [0.29, 0.717) is 50.5 Å². The third-order valence-electron chi connectivity index (χ3n) is 7.56. The van der Waals surface area contributed by atoms with Crippen LogP contribution < -0.4 is 25.8 Å². The molecule has 43 heavy (non-hydrogen) atoms. The summed E-state index contributed by atoms with van der Waals surface area (Å²) in [4.78, 5) is 36.9. The van der Waals surface area contributed by atoms with E-state index in [9.17, 15) is 19.5 Å². The molecule has 0 heterocycles. The Morgan fingerprint density at radius 1 is 0.953 bits per heavy atom. The van der Waals surface area contributed by atoms with Crippen molar-refractivity contribution in [1.82, 2.24) is 10.6 Å². The molecule has 0 spiro atoms. The van der Waals surface area contributed by atoms with E-state index in [0.717, 1.165) is 19.3 Å². The van der Waals surface area contributed by atoms with Gasteiger partial charge in [0.1, 0.15) is 11.5 Å². The molecule has 0 fully saturated rings. The number of carboxylic acid groups (broad SMARTS) is 1. The van der Waals surface area contributed by atoms with Crippen LogP contribution in [0.1, 0.15) is 83.5 Å². The van der Waals surface area contributed by atoms with Crippen LogP contribution in [0.15, 0.2) is 18.2 Å². The van der Waals surface area contributed by atoms with Gasteiger partial charge in [0.15, 0.2) is 6.61 Å². The molecule has 0 aliphatic carbocycles. The number of nitrogens with one attached hydrogen (secondary N) is 2. The zero-order chi connectivity index (χ0) is 32.4. The maximum atomic E-state index is 13.3. The Hall–Kier alpha value is -2.89. The number of rotatable bonds is 23. The lowest BCUT2D eigenvalue weighted by Gasteiger charge is -2.30. The number of ether oxygens (including phenoxy) is 3. The molecule has 246 valence electrons. The highest BCUT2D eigenvalue weighted by atomic mass is 16.5. The van der Waals surface area contributed by atoms with Crippen LogP contribution in [-0.2, 0) is 14.3 Å². The number of aliphatic hydroxyl groups excluding tert-OH is 1. The minimum Gasteiger partial charge on any atom is -0.493 e. The standard InChI is InChI=1S/C32H55N3O8/c1-7-8-13-34-32(40)26(22(4)5)18-28(36)27(33)16-23(21(2)3)19-35-31(39)25-12-11-24(43-20-30(37)38)17-29(25)42-15-10-9-14-41-6/h11-12,17,21-23,26-28,36H,7-10,13-16,18-20,33H2,1-6H3,(H,34,40)(H,35,39)(H,37,38)/t23-,26+,27+,28+/m1/s1. The number of aliphatic carboxylic acids is 1. The lowest BCUT2D eigenvalue weighted by Crippen LogP contribution is -2.44. The van der Waals surface area contributed by atoms with E-state index < -0.39 is 24.7 Å². The van der Waals surface area contributed by atoms with Crippen molar-refractivity contribution in [3.8, 4) is 11.5 Å². The van der Waals surface area contributed by atoms with Gasteiger partial charge in [0.2, 0.25) is 5.91 Å². The highest BCUT2D eigenvalue weighted by Crippen LogP contribution is 2.27. The second-order valence-electron chi connectivity index (χ2n) is 11.8. The summed E-state index contributed by atoms with van der Waals surface area (Å²) in [5.74, 6) is -1.08. The van der Waals surface area contributed by atoms with Gasteiger partial charge < -0.3 is 40.8 Å². The summed E-state index contributed by atoms with van der Waals surface area (Å²) < 4.78 is 16.2. The Bertz CT molecular complexity index is 972. The van der Waals surface area contributed by atoms with Crippen molar-refractivity contribution in [2.75, 3.05) is 40.0 Å². The first-order valence-corrected chi connectivity index (χ1v) is 15.5. The van der Waals surface area contributed by atoms with Gasteiger partial charge in [-0.25, -0.2) is 4.79 Å². The first-order chi connectivity index (χ1) is 20.4. The van der Waals surface area contributed by atoms with Gasteiger partial charge in [-0.15, -0.1) is 0 Å². The smallest absolute Gasteiger partial charge is 0.341 e. The highest BCUT2D eigenvalue weighted by molar-refractivity contribution is 5.97. The molecular weight excluding hydrogens is 554 g/mol. The number of aliphatic hydroxyl groups is 1. The molecule has 2 amide bonds. The molecule has 0 unspecified atom stereocenters. The van der Waals surface area contributed by atoms with Crippen molar-refractivity contribution in [1.29, 1.82) is 0 Å². The molecule has 0 bridgehead atoms. The fourth-order valence-electron chi connectivity index (χ4n) is 4.63. The van der Waals surface area contributed by atoms with Crippen molar-refractivity contribution in [3.05, 3.63) is 23.8 Å². The van der Waals surface area contributed by atoms with Crippen LogP contribution in [0.5, 0.6) is 11.5 Å². The monoisotopic (exact) mass is 609 g/mol. The summed E-state index contributed by atoms with van der Waals surface area (Å²) in [6, 6.07) is 4.04. The Kier molecular flexibility index (Phi) is 18.6. The summed E-state index contributed by atoms with van der Waals surface area (Å²) in [6.07, 6.45) is 3.27. The zero-order valence-corrected chi connectivity index (χ0v) is 26.9. The summed E-state index contributed by atoms with van der Waals surface area (Å²) in [5, 5.41) is 25.8. The predicted molar refractivity (Wildman–Crippen MR) is 166 cm³/mol. The highest BCUT2D eigenvalue weighted by Gasteiger charge is 2.30. The number of methoxy groups -OCH3 is 1. The third kappa shape index (κ3) is 14.9. The van der Waals surface area contributed by atoms with Gasteiger partial charge in [0, 0.05) is 44.8 Å². The van der Waals surface area contributed by atoms with Crippen LogP contribution in [0, 0.1) is 23.7 Å². The van der Waals surface area contributed by atoms with Gasteiger partial charge in [-0.2, -0.15) is 0 Å². The van der Waals surface area contributed by atoms with Crippen LogP contribution in [0.25, 0.3) is 0 Å². The molecule has 0 radical (unpaired) electrons. The third-order valence-corrected chi connectivity index (χ3v) is 7.56. The number of unbranched alkanes of at least 4 members (excludes halogenated alkanes) is 2. The van der Waals surface area contributed by atoms with Gasteiger partial charge in [-0.05, 0) is 62.0 Å². The van der Waals surface area contributed by atoms with E-state index >= 15 is 0 Å². The van der Waals surface area contributed by atoms with Crippen molar-refractivity contribution >= 4 is 17.8 Å². The van der Waals surface area contributed by atoms with Crippen molar-refractivity contribution < 1.29 is 38.8 Å². The second-order valence-corrected chi connectivity index (χ2v) is 11.8. The number of amides is 2. The molecule has 0 aliphatic rings. The van der Waals surface area contributed by atoms with Crippen LogP contribution in [0.2, 0.25) is 0 Å². The summed E-state index contributed by atoms with van der Waals surface area (Å²) in [5.41, 5.74) is 6.75. The maximum Gasteiger partial charge on any atom is 0.341 e. The molecule has 11 nitrogen and oxygen atoms in total. The Morgan fingerprint density at radius 3 is 2.26 bits per heavy atom. The Morgan fingerprint density at radius 2 is 1.65 bits per heavy atom. The normalized spacial score (nSPS) is 14.2. The largest absolute Gasteiger partial charge is 0.493 e. The van der Waals surface area contributed by atoms with E-state index in [1.165, 1.54) is 12.1 Å². The molecule has 4 atom stereocenters. The first-order valence-electron chi connectivity index (χ1n) is 15.5. The zero-order valence-electron chi connectivity index (χ0n) is 26.9. The van der Waals surface area contributed by atoms with Crippen LogP contribution in [0.3, 0.4) is 0 Å². The topological polar surface area (TPSA) is 169 Å². The number of hydrogen-bond donors (Lipinski definition) is 5. The summed E-state index contributed by atoms with van der Waals surface area (Å²) >= 11 is 0. The molecule has 0 aromatic heterocycles. The number of benzene rings is 1. The second kappa shape index (κ2) is 20.9. The molecule has 11 heteroatoms. The molecule has 1 rings (SSSR count). The lowest BCUT2D eigenvalue weighted by molar-refractivity contribution is -0.139. The minimum atomic E-state index is -1.11. The van der Waals surface area contributed by atoms with Crippen LogP contribution in [-0.4, -0.2) is 80.2 Å². The number of carboxylic acids is 1. The molecule has 0 saturated carbocycles. The SMILES string of the molecule is CCCCNC(=O)[C@@H](C[C@H](O)[C@@H](N)C[C@H](CNC(=O)c1ccc(OCC(=O)O)cc1OCCCCOC)C(C)C)C(C)C. The molecule has 0 saturated heterocycles. The van der Waals surface area contributed by atoms with Crippen molar-refractivity contribution in [2.24, 2.45) is 29.4 Å². The predicted octanol–water partition coefficient (Wildman–Crippen LogP) is 3.61. The number of hydrogen-bond acceptors (Lipinski definition) is 8.